The number of nitrogens with zero attached hydrogens (tertiary/aromatic N) is 1. The fourth-order valence-corrected chi connectivity index (χ4v) is 4.04. The molecule has 2 heterocycles. The molecule has 0 spiro atoms. The van der Waals surface area contributed by atoms with Gasteiger partial charge in [0.15, 0.2) is 0 Å². The Morgan fingerprint density at radius 2 is 2.15 bits per heavy atom. The highest BCUT2D eigenvalue weighted by Gasteiger charge is 2.37. The average molecular weight is 305 g/mol. The monoisotopic (exact) mass is 305 g/mol. The lowest BCUT2D eigenvalue weighted by atomic mass is 10.1. The van der Waals surface area contributed by atoms with Gasteiger partial charge in [-0.25, -0.2) is 4.72 Å². The zero-order chi connectivity index (χ0) is 14.8. The Bertz CT molecular complexity index is 492. The van der Waals surface area contributed by atoms with Crippen molar-refractivity contribution in [1.82, 2.24) is 14.3 Å². The Balaban J connectivity index is 1.97. The summed E-state index contributed by atoms with van der Waals surface area (Å²) in [5, 5.41) is 11.8. The molecule has 9 heteroatoms. The van der Waals surface area contributed by atoms with Crippen molar-refractivity contribution in [3.63, 3.8) is 0 Å². The Kier molecular flexibility index (Phi) is 4.61. The molecule has 2 aliphatic rings. The summed E-state index contributed by atoms with van der Waals surface area (Å²) in [4.78, 5) is 22.2. The second kappa shape index (κ2) is 6.06. The lowest BCUT2D eigenvalue weighted by molar-refractivity contribution is -0.142. The maximum atomic E-state index is 12.2. The second-order valence-corrected chi connectivity index (χ2v) is 6.82. The van der Waals surface area contributed by atoms with E-state index in [0.717, 1.165) is 4.31 Å². The summed E-state index contributed by atoms with van der Waals surface area (Å²) in [6.07, 6.45) is 2.68. The van der Waals surface area contributed by atoms with Crippen molar-refractivity contribution >= 4 is 22.1 Å². The molecule has 0 aromatic heterocycles. The van der Waals surface area contributed by atoms with E-state index in [0.29, 0.717) is 32.1 Å². The van der Waals surface area contributed by atoms with Crippen LogP contribution in [0.2, 0.25) is 0 Å². The van der Waals surface area contributed by atoms with Gasteiger partial charge in [-0.2, -0.15) is 12.7 Å². The summed E-state index contributed by atoms with van der Waals surface area (Å²) in [7, 11) is -3.83. The van der Waals surface area contributed by atoms with Crippen molar-refractivity contribution in [3.8, 4) is 0 Å². The van der Waals surface area contributed by atoms with Crippen molar-refractivity contribution < 1.29 is 23.1 Å². The average Bonchev–Trinajstić information content (AvgIpc) is 2.82. The Morgan fingerprint density at radius 3 is 2.75 bits per heavy atom. The molecule has 2 unspecified atom stereocenters. The first kappa shape index (κ1) is 15.2. The van der Waals surface area contributed by atoms with Gasteiger partial charge < -0.3 is 10.4 Å². The molecule has 0 aromatic rings. The number of rotatable bonds is 5. The van der Waals surface area contributed by atoms with Crippen molar-refractivity contribution in [1.29, 1.82) is 0 Å². The van der Waals surface area contributed by atoms with E-state index in [-0.39, 0.29) is 25.0 Å². The minimum Gasteiger partial charge on any atom is -0.480 e. The lowest BCUT2D eigenvalue weighted by Crippen LogP contribution is -2.53. The van der Waals surface area contributed by atoms with E-state index in [1.807, 2.05) is 0 Å². The number of carboxylic acids is 1. The van der Waals surface area contributed by atoms with Gasteiger partial charge in [-0.05, 0) is 25.7 Å². The third-order valence-corrected chi connectivity index (χ3v) is 5.23. The summed E-state index contributed by atoms with van der Waals surface area (Å²) in [6, 6.07) is -1.22. The maximum absolute atomic E-state index is 12.2. The van der Waals surface area contributed by atoms with Crippen LogP contribution in [0.3, 0.4) is 0 Å². The van der Waals surface area contributed by atoms with Crippen LogP contribution in [0.5, 0.6) is 0 Å². The van der Waals surface area contributed by atoms with Crippen molar-refractivity contribution in [2.24, 2.45) is 0 Å². The van der Waals surface area contributed by atoms with E-state index >= 15 is 0 Å². The van der Waals surface area contributed by atoms with Crippen molar-refractivity contribution in [2.45, 2.75) is 44.2 Å². The highest BCUT2D eigenvalue weighted by molar-refractivity contribution is 7.87. The van der Waals surface area contributed by atoms with E-state index in [1.165, 1.54) is 0 Å². The third kappa shape index (κ3) is 3.47. The second-order valence-electron chi connectivity index (χ2n) is 5.12. The van der Waals surface area contributed by atoms with Gasteiger partial charge >= 0.3 is 5.97 Å². The fourth-order valence-electron chi connectivity index (χ4n) is 2.56. The van der Waals surface area contributed by atoms with Crippen LogP contribution in [0, 0.1) is 0 Å². The maximum Gasteiger partial charge on any atom is 0.322 e. The molecule has 2 atom stereocenters. The zero-order valence-electron chi connectivity index (χ0n) is 11.0. The van der Waals surface area contributed by atoms with Crippen LogP contribution < -0.4 is 10.0 Å². The van der Waals surface area contributed by atoms with Gasteiger partial charge in [0, 0.05) is 25.6 Å². The van der Waals surface area contributed by atoms with Gasteiger partial charge in [0.1, 0.15) is 6.04 Å². The highest BCUT2D eigenvalue weighted by Crippen LogP contribution is 2.20. The number of piperidine rings is 1. The molecular weight excluding hydrogens is 286 g/mol. The van der Waals surface area contributed by atoms with Crippen LogP contribution in [0.1, 0.15) is 32.1 Å². The molecule has 0 radical (unpaired) electrons. The lowest BCUT2D eigenvalue weighted by Gasteiger charge is -2.32. The predicted octanol–water partition coefficient (Wildman–Crippen LogP) is -0.961. The molecule has 8 nitrogen and oxygen atoms in total. The first-order valence-corrected chi connectivity index (χ1v) is 8.13. The summed E-state index contributed by atoms with van der Waals surface area (Å²) in [5.41, 5.74) is 0. The minimum atomic E-state index is -3.83. The summed E-state index contributed by atoms with van der Waals surface area (Å²) < 4.78 is 27.8. The molecule has 20 heavy (non-hydrogen) atoms. The van der Waals surface area contributed by atoms with Crippen LogP contribution in [-0.4, -0.2) is 54.9 Å². The molecular formula is C11H19N3O5S. The van der Waals surface area contributed by atoms with Gasteiger partial charge in [0.05, 0.1) is 0 Å². The number of hydrogen-bond acceptors (Lipinski definition) is 4. The van der Waals surface area contributed by atoms with E-state index in [4.69, 9.17) is 5.11 Å². The number of nitrogens with one attached hydrogen (secondary N) is 2. The molecule has 0 saturated carbocycles. The van der Waals surface area contributed by atoms with Crippen LogP contribution in [0.25, 0.3) is 0 Å². The van der Waals surface area contributed by atoms with Crippen LogP contribution in [-0.2, 0) is 19.8 Å². The SMILES string of the molecule is O=C1CCC(CNS(=O)(=O)N2CCCCC2C(=O)O)N1. The molecule has 114 valence electrons. The van der Waals surface area contributed by atoms with Crippen LogP contribution >= 0.6 is 0 Å². The molecule has 2 rings (SSSR count). The summed E-state index contributed by atoms with van der Waals surface area (Å²) in [5.74, 6) is -1.21. The molecule has 3 N–H and O–H groups in total. The number of amides is 1. The first-order valence-electron chi connectivity index (χ1n) is 6.69. The Hall–Kier alpha value is -1.19. The van der Waals surface area contributed by atoms with Crippen molar-refractivity contribution in [3.05, 3.63) is 0 Å². The smallest absolute Gasteiger partial charge is 0.322 e. The standard InChI is InChI=1S/C11H19N3O5S/c15-10-5-4-8(13-10)7-12-20(18,19)14-6-2-1-3-9(14)11(16)17/h8-9,12H,1-7H2,(H,13,15)(H,16,17). The molecule has 2 fully saturated rings. The molecule has 2 aliphatic heterocycles. The number of hydrogen-bond donors (Lipinski definition) is 3. The van der Waals surface area contributed by atoms with E-state index in [1.54, 1.807) is 0 Å². The molecule has 0 bridgehead atoms. The van der Waals surface area contributed by atoms with E-state index in [2.05, 4.69) is 10.0 Å². The molecule has 0 aliphatic carbocycles. The number of aliphatic carboxylic acids is 1. The number of carboxylic acid groups (broad SMARTS) is 1. The number of carbonyl (C=O) groups is 2. The van der Waals surface area contributed by atoms with Gasteiger partial charge in [0.25, 0.3) is 10.2 Å². The first-order chi connectivity index (χ1) is 9.40. The molecule has 2 saturated heterocycles. The van der Waals surface area contributed by atoms with E-state index < -0.39 is 22.2 Å². The van der Waals surface area contributed by atoms with Crippen molar-refractivity contribution in [2.75, 3.05) is 13.1 Å². The Labute approximate surface area is 117 Å². The van der Waals surface area contributed by atoms with E-state index in [9.17, 15) is 18.0 Å². The third-order valence-electron chi connectivity index (χ3n) is 3.64. The van der Waals surface area contributed by atoms with Gasteiger partial charge in [0.2, 0.25) is 5.91 Å². The zero-order valence-corrected chi connectivity index (χ0v) is 11.9. The van der Waals surface area contributed by atoms with Gasteiger partial charge in [-0.15, -0.1) is 0 Å². The number of carbonyl (C=O) groups excluding carboxylic acids is 1. The largest absolute Gasteiger partial charge is 0.480 e. The molecule has 0 aromatic carbocycles. The predicted molar refractivity (Wildman–Crippen MR) is 70.1 cm³/mol. The molecule has 1 amide bonds. The normalized spacial score (nSPS) is 28.3. The quantitative estimate of drug-likeness (QED) is 0.605. The van der Waals surface area contributed by atoms with Gasteiger partial charge in [-0.3, -0.25) is 9.59 Å². The van der Waals surface area contributed by atoms with Gasteiger partial charge in [-0.1, -0.05) is 0 Å². The summed E-state index contributed by atoms with van der Waals surface area (Å²) in [6.45, 7) is 0.306. The van der Waals surface area contributed by atoms with Crippen LogP contribution in [0.15, 0.2) is 0 Å². The summed E-state index contributed by atoms with van der Waals surface area (Å²) >= 11 is 0. The van der Waals surface area contributed by atoms with Crippen LogP contribution in [0.4, 0.5) is 0 Å². The fraction of sp³-hybridized carbons (Fsp3) is 0.818. The minimum absolute atomic E-state index is 0.0874. The topological polar surface area (TPSA) is 116 Å². The highest BCUT2D eigenvalue weighted by atomic mass is 32.2. The Morgan fingerprint density at radius 1 is 1.40 bits per heavy atom.